The van der Waals surface area contributed by atoms with E-state index in [-0.39, 0.29) is 43.0 Å². The smallest absolute Gasteiger partial charge is 0.326 e. The number of aliphatic hydroxyl groups is 1. The number of carboxylic acids is 1. The van der Waals surface area contributed by atoms with Crippen LogP contribution in [0.2, 0.25) is 0 Å². The second-order valence-electron chi connectivity index (χ2n) is 16.5. The molecule has 3 unspecified atom stereocenters. The maximum Gasteiger partial charge on any atom is 0.326 e. The zero-order chi connectivity index (χ0) is 42.3. The molecule has 8 atom stereocenters. The van der Waals surface area contributed by atoms with Crippen molar-refractivity contribution in [2.45, 2.75) is 143 Å². The molecule has 0 aliphatic carbocycles. The summed E-state index contributed by atoms with van der Waals surface area (Å²) >= 11 is 0. The van der Waals surface area contributed by atoms with Gasteiger partial charge in [0.25, 0.3) is 0 Å². The van der Waals surface area contributed by atoms with Crippen LogP contribution in [0.1, 0.15) is 106 Å². The fourth-order valence-electron chi connectivity index (χ4n) is 7.38. The standard InChI is InChI=1S/C42H71N5O9/c1-12-27(5)37(46(9)36(50)25-43-41(54)42(7,8)21-20-26(3)4)33(55-10)24-35(49)47-22-14-15-32(47)38(56-11)28(6)39(51)45-31(40(52)53)23-29-16-18-30(19-17-29)44-34(48)13-2/h16-19,26-28,31-34,37-38,44,48H,12-15,20-25H2,1-11H3,(H,43,54)(H,45,51)(H,52,53)/t27?,28-,31+,32+,33?,34?,37+,38-/m1/s1. The average Bonchev–Trinajstić information content (AvgIpc) is 3.65. The molecule has 2 rings (SSSR count). The lowest BCUT2D eigenvalue weighted by molar-refractivity contribution is -0.147. The zero-order valence-electron chi connectivity index (χ0n) is 35.7. The van der Waals surface area contributed by atoms with Crippen LogP contribution in [-0.2, 0) is 39.9 Å². The summed E-state index contributed by atoms with van der Waals surface area (Å²) in [5, 5.41) is 28.3. The largest absolute Gasteiger partial charge is 0.480 e. The Morgan fingerprint density at radius 2 is 1.64 bits per heavy atom. The van der Waals surface area contributed by atoms with Crippen molar-refractivity contribution in [3.63, 3.8) is 0 Å². The summed E-state index contributed by atoms with van der Waals surface area (Å²) in [6.45, 7) is 15.8. The summed E-state index contributed by atoms with van der Waals surface area (Å²) in [6, 6.07) is 4.89. The first kappa shape index (κ1) is 48.4. The number of rotatable bonds is 24. The molecule has 56 heavy (non-hydrogen) atoms. The normalized spacial score (nSPS) is 18.3. The molecule has 0 radical (unpaired) electrons. The Labute approximate surface area is 334 Å². The number of nitrogens with one attached hydrogen (secondary N) is 3. The molecule has 1 fully saturated rings. The number of likely N-dealkylation sites (N-methyl/N-ethyl adjacent to an activating group) is 1. The Kier molecular flexibility index (Phi) is 19.8. The minimum absolute atomic E-state index is 0.0158. The molecule has 1 heterocycles. The van der Waals surface area contributed by atoms with E-state index in [0.29, 0.717) is 49.4 Å². The highest BCUT2D eigenvalue weighted by atomic mass is 16.5. The van der Waals surface area contributed by atoms with Crippen LogP contribution in [0.25, 0.3) is 0 Å². The van der Waals surface area contributed by atoms with Crippen molar-refractivity contribution >= 4 is 35.3 Å². The molecule has 1 aliphatic heterocycles. The Hall–Kier alpha value is -3.75. The van der Waals surface area contributed by atoms with E-state index in [1.54, 1.807) is 48.0 Å². The van der Waals surface area contributed by atoms with Crippen molar-refractivity contribution in [3.05, 3.63) is 29.8 Å². The Balaban J connectivity index is 2.15. The van der Waals surface area contributed by atoms with Crippen molar-refractivity contribution in [3.8, 4) is 0 Å². The number of carboxylic acid groups (broad SMARTS) is 1. The van der Waals surface area contributed by atoms with Gasteiger partial charge in [0.1, 0.15) is 12.3 Å². The van der Waals surface area contributed by atoms with Crippen molar-refractivity contribution in [2.75, 3.05) is 39.7 Å². The summed E-state index contributed by atoms with van der Waals surface area (Å²) in [7, 11) is 4.69. The first-order valence-electron chi connectivity index (χ1n) is 20.3. The lowest BCUT2D eigenvalue weighted by Crippen LogP contribution is -2.55. The molecule has 0 aromatic heterocycles. The minimum Gasteiger partial charge on any atom is -0.480 e. The van der Waals surface area contributed by atoms with Crippen LogP contribution in [0.3, 0.4) is 0 Å². The minimum atomic E-state index is -1.20. The van der Waals surface area contributed by atoms with Crippen LogP contribution >= 0.6 is 0 Å². The van der Waals surface area contributed by atoms with E-state index in [4.69, 9.17) is 9.47 Å². The van der Waals surface area contributed by atoms with Gasteiger partial charge < -0.3 is 45.4 Å². The second kappa shape index (κ2) is 22.9. The SMILES string of the molecule is CCC(O)Nc1ccc(C[C@H](NC(=O)[C@H](C)[C@@H](OC)[C@@H]2CCCN2C(=O)CC(OC)[C@H](C(C)CC)N(C)C(=O)CNC(=O)C(C)(C)CCC(C)C)C(=O)O)cc1. The topological polar surface area (TPSA) is 187 Å². The van der Waals surface area contributed by atoms with Gasteiger partial charge in [0, 0.05) is 45.3 Å². The first-order chi connectivity index (χ1) is 26.3. The van der Waals surface area contributed by atoms with E-state index in [1.807, 2.05) is 34.6 Å². The molecule has 1 saturated heterocycles. The number of hydrogen-bond acceptors (Lipinski definition) is 9. The zero-order valence-corrected chi connectivity index (χ0v) is 35.7. The van der Waals surface area contributed by atoms with Gasteiger partial charge in [-0.15, -0.1) is 0 Å². The molecule has 0 spiro atoms. The van der Waals surface area contributed by atoms with Gasteiger partial charge in [-0.05, 0) is 61.6 Å². The molecule has 318 valence electrons. The van der Waals surface area contributed by atoms with E-state index < -0.39 is 59.8 Å². The van der Waals surface area contributed by atoms with Crippen molar-refractivity contribution < 1.29 is 43.7 Å². The number of hydrogen-bond donors (Lipinski definition) is 5. The summed E-state index contributed by atoms with van der Waals surface area (Å²) in [6.07, 6.45) is 2.11. The molecule has 4 amide bonds. The molecule has 1 aliphatic rings. The maximum absolute atomic E-state index is 14.1. The van der Waals surface area contributed by atoms with Gasteiger partial charge in [0.05, 0.1) is 43.2 Å². The molecular formula is C42H71N5O9. The van der Waals surface area contributed by atoms with E-state index in [9.17, 15) is 34.2 Å². The molecular weight excluding hydrogens is 718 g/mol. The number of ether oxygens (including phenoxy) is 2. The van der Waals surface area contributed by atoms with Gasteiger partial charge in [-0.2, -0.15) is 0 Å². The number of carbonyl (C=O) groups is 5. The number of anilines is 1. The van der Waals surface area contributed by atoms with Crippen molar-refractivity contribution in [2.24, 2.45) is 23.2 Å². The lowest BCUT2D eigenvalue weighted by atomic mass is 9.84. The van der Waals surface area contributed by atoms with Crippen LogP contribution in [0.4, 0.5) is 5.69 Å². The van der Waals surface area contributed by atoms with E-state index in [1.165, 1.54) is 14.2 Å². The number of methoxy groups -OCH3 is 2. The van der Waals surface area contributed by atoms with Crippen molar-refractivity contribution in [1.29, 1.82) is 0 Å². The van der Waals surface area contributed by atoms with Gasteiger partial charge in [0.2, 0.25) is 23.6 Å². The number of likely N-dealkylation sites (tertiary alicyclic amines) is 1. The summed E-state index contributed by atoms with van der Waals surface area (Å²) in [4.78, 5) is 69.8. The summed E-state index contributed by atoms with van der Waals surface area (Å²) in [5.74, 6) is -2.71. The third kappa shape index (κ3) is 14.0. The fraction of sp³-hybridized carbons (Fsp3) is 0.738. The average molecular weight is 790 g/mol. The fourth-order valence-corrected chi connectivity index (χ4v) is 7.38. The Morgan fingerprint density at radius 1 is 1.00 bits per heavy atom. The number of benzene rings is 1. The van der Waals surface area contributed by atoms with Crippen LogP contribution in [0.15, 0.2) is 24.3 Å². The lowest BCUT2D eigenvalue weighted by Gasteiger charge is -2.39. The third-order valence-corrected chi connectivity index (χ3v) is 11.4. The van der Waals surface area contributed by atoms with Crippen LogP contribution < -0.4 is 16.0 Å². The van der Waals surface area contributed by atoms with Gasteiger partial charge in [-0.3, -0.25) is 19.2 Å². The molecule has 0 saturated carbocycles. The van der Waals surface area contributed by atoms with Crippen molar-refractivity contribution in [1.82, 2.24) is 20.4 Å². The number of aliphatic hydroxyl groups excluding tert-OH is 1. The second-order valence-corrected chi connectivity index (χ2v) is 16.5. The number of nitrogens with zero attached hydrogens (tertiary/aromatic N) is 2. The quantitative estimate of drug-likeness (QED) is 0.0939. The predicted molar refractivity (Wildman–Crippen MR) is 217 cm³/mol. The molecule has 14 nitrogen and oxygen atoms in total. The molecule has 1 aromatic rings. The van der Waals surface area contributed by atoms with Gasteiger partial charge in [-0.1, -0.05) is 73.9 Å². The van der Waals surface area contributed by atoms with Crippen LogP contribution in [0, 0.1) is 23.2 Å². The van der Waals surface area contributed by atoms with Crippen LogP contribution in [-0.4, -0.2) is 121 Å². The third-order valence-electron chi connectivity index (χ3n) is 11.4. The molecule has 14 heteroatoms. The monoisotopic (exact) mass is 790 g/mol. The number of carbonyl (C=O) groups excluding carboxylic acids is 4. The highest BCUT2D eigenvalue weighted by molar-refractivity contribution is 5.88. The van der Waals surface area contributed by atoms with E-state index in [2.05, 4.69) is 29.8 Å². The summed E-state index contributed by atoms with van der Waals surface area (Å²) < 4.78 is 11.8. The molecule has 0 bridgehead atoms. The molecule has 5 N–H and O–H groups in total. The van der Waals surface area contributed by atoms with Gasteiger partial charge in [0.15, 0.2) is 0 Å². The maximum atomic E-state index is 14.1. The summed E-state index contributed by atoms with van der Waals surface area (Å²) in [5.41, 5.74) is 0.768. The highest BCUT2D eigenvalue weighted by Crippen LogP contribution is 2.30. The van der Waals surface area contributed by atoms with Gasteiger partial charge >= 0.3 is 5.97 Å². The van der Waals surface area contributed by atoms with E-state index >= 15 is 0 Å². The Bertz CT molecular complexity index is 1420. The van der Waals surface area contributed by atoms with Gasteiger partial charge in [-0.25, -0.2) is 4.79 Å². The number of amides is 4. The van der Waals surface area contributed by atoms with Crippen LogP contribution in [0.5, 0.6) is 0 Å². The molecule has 1 aromatic carbocycles. The number of aliphatic carboxylic acids is 1. The van der Waals surface area contributed by atoms with E-state index in [0.717, 1.165) is 12.8 Å². The predicted octanol–water partition coefficient (Wildman–Crippen LogP) is 4.44. The highest BCUT2D eigenvalue weighted by Gasteiger charge is 2.42. The first-order valence-corrected chi connectivity index (χ1v) is 20.3. The Morgan fingerprint density at radius 3 is 2.18 bits per heavy atom.